The Kier molecular flexibility index (Phi) is 4.82. The van der Waals surface area contributed by atoms with Gasteiger partial charge in [-0.15, -0.1) is 0 Å². The molecule has 1 fully saturated rings. The minimum absolute atomic E-state index is 0.0980. The van der Waals surface area contributed by atoms with Crippen molar-refractivity contribution in [3.05, 3.63) is 67.0 Å². The van der Waals surface area contributed by atoms with Crippen LogP contribution in [0.15, 0.2) is 67.0 Å². The minimum atomic E-state index is -0.350. The molecule has 0 aliphatic carbocycles. The number of carbonyl (C=O) groups excluding carboxylic acids is 1. The molecule has 8 nitrogen and oxygen atoms in total. The summed E-state index contributed by atoms with van der Waals surface area (Å²) in [5, 5.41) is 10.5. The van der Waals surface area contributed by atoms with Crippen molar-refractivity contribution < 1.29 is 9.53 Å². The predicted molar refractivity (Wildman–Crippen MR) is 114 cm³/mol. The van der Waals surface area contributed by atoms with Gasteiger partial charge in [-0.3, -0.25) is 4.79 Å². The molecule has 1 aliphatic rings. The highest BCUT2D eigenvalue weighted by atomic mass is 16.5. The molecule has 1 atom stereocenters. The lowest BCUT2D eigenvalue weighted by Gasteiger charge is -2.12. The first-order chi connectivity index (χ1) is 14.8. The minimum Gasteiger partial charge on any atom is -0.368 e. The summed E-state index contributed by atoms with van der Waals surface area (Å²) < 4.78 is 7.08. The number of carbonyl (C=O) groups is 1. The van der Waals surface area contributed by atoms with Crippen LogP contribution in [0.4, 0.5) is 17.2 Å². The monoisotopic (exact) mass is 400 g/mol. The van der Waals surface area contributed by atoms with Crippen LogP contribution in [-0.4, -0.2) is 38.2 Å². The second-order valence-electron chi connectivity index (χ2n) is 7.06. The van der Waals surface area contributed by atoms with Crippen molar-refractivity contribution in [2.24, 2.45) is 0 Å². The van der Waals surface area contributed by atoms with Gasteiger partial charge in [0, 0.05) is 29.6 Å². The molecule has 0 saturated carbocycles. The molecule has 1 unspecified atom stereocenters. The largest absolute Gasteiger partial charge is 0.368 e. The summed E-state index contributed by atoms with van der Waals surface area (Å²) in [6, 6.07) is 19.4. The highest BCUT2D eigenvalue weighted by Crippen LogP contribution is 2.25. The lowest BCUT2D eigenvalue weighted by molar-refractivity contribution is -0.124. The molecule has 30 heavy (non-hydrogen) atoms. The van der Waals surface area contributed by atoms with E-state index >= 15 is 0 Å². The lowest BCUT2D eigenvalue weighted by atomic mass is 10.1. The molecule has 1 saturated heterocycles. The van der Waals surface area contributed by atoms with E-state index in [9.17, 15) is 4.79 Å². The van der Waals surface area contributed by atoms with Gasteiger partial charge in [0.2, 0.25) is 0 Å². The van der Waals surface area contributed by atoms with E-state index in [1.165, 1.54) is 6.33 Å². The Labute approximate surface area is 172 Å². The van der Waals surface area contributed by atoms with Crippen LogP contribution < -0.4 is 10.6 Å². The molecule has 5 rings (SSSR count). The Bertz CT molecular complexity index is 1170. The number of hydrogen-bond donors (Lipinski definition) is 2. The summed E-state index contributed by atoms with van der Waals surface area (Å²) in [5.41, 5.74) is 3.39. The van der Waals surface area contributed by atoms with Gasteiger partial charge in [0.05, 0.1) is 5.69 Å². The fourth-order valence-corrected chi connectivity index (χ4v) is 3.45. The van der Waals surface area contributed by atoms with Crippen LogP contribution in [0.1, 0.15) is 12.8 Å². The molecular weight excluding hydrogens is 380 g/mol. The third kappa shape index (κ3) is 3.72. The van der Waals surface area contributed by atoms with Crippen LogP contribution in [0.5, 0.6) is 0 Å². The van der Waals surface area contributed by atoms with Gasteiger partial charge in [-0.2, -0.15) is 14.6 Å². The topological polar surface area (TPSA) is 93.4 Å². The average Bonchev–Trinajstić information content (AvgIpc) is 3.48. The van der Waals surface area contributed by atoms with Crippen LogP contribution >= 0.6 is 0 Å². The first-order valence-electron chi connectivity index (χ1n) is 9.82. The number of nitrogens with one attached hydrogen (secondary N) is 2. The molecule has 1 amide bonds. The molecule has 2 aromatic carbocycles. The van der Waals surface area contributed by atoms with Crippen molar-refractivity contribution in [3.8, 4) is 11.3 Å². The number of ether oxygens (including phenoxy) is 1. The summed E-state index contributed by atoms with van der Waals surface area (Å²) in [6.45, 7) is 0.647. The average molecular weight is 400 g/mol. The summed E-state index contributed by atoms with van der Waals surface area (Å²) >= 11 is 0. The number of rotatable bonds is 5. The molecule has 2 aromatic heterocycles. The van der Waals surface area contributed by atoms with Crippen LogP contribution in [-0.2, 0) is 9.53 Å². The number of nitrogens with zero attached hydrogens (tertiary/aromatic N) is 4. The van der Waals surface area contributed by atoms with Gasteiger partial charge in [0.25, 0.3) is 11.7 Å². The molecule has 0 spiro atoms. The van der Waals surface area contributed by atoms with Crippen LogP contribution in [0.25, 0.3) is 17.0 Å². The first-order valence-corrected chi connectivity index (χ1v) is 9.82. The second kappa shape index (κ2) is 7.92. The van der Waals surface area contributed by atoms with Crippen LogP contribution in [0.2, 0.25) is 0 Å². The zero-order valence-electron chi connectivity index (χ0n) is 16.2. The Morgan fingerprint density at radius 3 is 2.63 bits per heavy atom. The quantitative estimate of drug-likeness (QED) is 0.531. The molecule has 0 bridgehead atoms. The third-order valence-electron chi connectivity index (χ3n) is 4.97. The van der Waals surface area contributed by atoms with Gasteiger partial charge in [-0.1, -0.05) is 30.3 Å². The Morgan fingerprint density at radius 1 is 1.07 bits per heavy atom. The molecular formula is C22H20N6O2. The van der Waals surface area contributed by atoms with E-state index in [0.717, 1.165) is 41.3 Å². The fourth-order valence-electron chi connectivity index (χ4n) is 3.45. The third-order valence-corrected chi connectivity index (χ3v) is 4.97. The van der Waals surface area contributed by atoms with Gasteiger partial charge in [-0.05, 0) is 37.1 Å². The smallest absolute Gasteiger partial charge is 0.254 e. The Balaban J connectivity index is 1.37. The van der Waals surface area contributed by atoms with E-state index in [-0.39, 0.29) is 12.0 Å². The maximum absolute atomic E-state index is 12.2. The standard InChI is InChI=1S/C22H20N6O2/c29-21(19-7-4-12-30-19)26-17-10-8-16(9-11-17)25-20-13-18(15-5-2-1-3-6-15)27-22-23-14-24-28(20)22/h1-3,5-6,8-11,13-14,19,25H,4,7,12H2,(H,26,29). The van der Waals surface area contributed by atoms with Crippen LogP contribution in [0.3, 0.4) is 0 Å². The van der Waals surface area contributed by atoms with Crippen molar-refractivity contribution in [2.75, 3.05) is 17.2 Å². The molecule has 0 radical (unpaired) electrons. The van der Waals surface area contributed by atoms with Gasteiger partial charge in [0.15, 0.2) is 0 Å². The SMILES string of the molecule is O=C(Nc1ccc(Nc2cc(-c3ccccc3)nc3ncnn23)cc1)C1CCCO1. The molecule has 4 aromatic rings. The molecule has 3 heterocycles. The fraction of sp³-hybridized carbons (Fsp3) is 0.182. The maximum Gasteiger partial charge on any atom is 0.254 e. The zero-order valence-corrected chi connectivity index (χ0v) is 16.2. The summed E-state index contributed by atoms with van der Waals surface area (Å²) in [7, 11) is 0. The van der Waals surface area contributed by atoms with Gasteiger partial charge >= 0.3 is 0 Å². The second-order valence-corrected chi connectivity index (χ2v) is 7.06. The van der Waals surface area contributed by atoms with E-state index in [1.54, 1.807) is 4.52 Å². The molecule has 150 valence electrons. The van der Waals surface area contributed by atoms with E-state index < -0.39 is 0 Å². The number of amides is 1. The van der Waals surface area contributed by atoms with Gasteiger partial charge in [-0.25, -0.2) is 4.98 Å². The molecule has 2 N–H and O–H groups in total. The number of benzene rings is 2. The highest BCUT2D eigenvalue weighted by Gasteiger charge is 2.23. The number of anilines is 3. The summed E-state index contributed by atoms with van der Waals surface area (Å²) in [6.07, 6.45) is 2.82. The zero-order chi connectivity index (χ0) is 20.3. The van der Waals surface area contributed by atoms with Crippen molar-refractivity contribution in [2.45, 2.75) is 18.9 Å². The Morgan fingerprint density at radius 2 is 1.87 bits per heavy atom. The van der Waals surface area contributed by atoms with Crippen molar-refractivity contribution >= 4 is 28.9 Å². The van der Waals surface area contributed by atoms with Gasteiger partial charge < -0.3 is 15.4 Å². The normalized spacial score (nSPS) is 15.9. The Hall–Kier alpha value is -3.78. The van der Waals surface area contributed by atoms with E-state index in [0.29, 0.717) is 12.4 Å². The number of fused-ring (bicyclic) bond motifs is 1. The van der Waals surface area contributed by atoms with Crippen molar-refractivity contribution in [1.29, 1.82) is 0 Å². The summed E-state index contributed by atoms with van der Waals surface area (Å²) in [5.74, 6) is 1.16. The predicted octanol–water partition coefficient (Wildman–Crippen LogP) is 3.65. The van der Waals surface area contributed by atoms with E-state index in [2.05, 4.69) is 25.7 Å². The summed E-state index contributed by atoms with van der Waals surface area (Å²) in [4.78, 5) is 21.0. The number of hydrogen-bond acceptors (Lipinski definition) is 6. The first kappa shape index (κ1) is 18.3. The van der Waals surface area contributed by atoms with E-state index in [1.807, 2.05) is 60.7 Å². The van der Waals surface area contributed by atoms with Crippen molar-refractivity contribution in [1.82, 2.24) is 19.6 Å². The highest BCUT2D eigenvalue weighted by molar-refractivity contribution is 5.94. The van der Waals surface area contributed by atoms with E-state index in [4.69, 9.17) is 4.74 Å². The van der Waals surface area contributed by atoms with Crippen LogP contribution in [0, 0.1) is 0 Å². The molecule has 1 aliphatic heterocycles. The lowest BCUT2D eigenvalue weighted by Crippen LogP contribution is -2.26. The molecule has 8 heteroatoms. The van der Waals surface area contributed by atoms with Crippen molar-refractivity contribution in [3.63, 3.8) is 0 Å². The van der Waals surface area contributed by atoms with Gasteiger partial charge in [0.1, 0.15) is 18.2 Å². The maximum atomic E-state index is 12.2. The number of aromatic nitrogens is 4.